The fourth-order valence-electron chi connectivity index (χ4n) is 1.08. The summed E-state index contributed by atoms with van der Waals surface area (Å²) >= 11 is 11.9. The zero-order valence-corrected chi connectivity index (χ0v) is 9.45. The number of hydrogen-bond donors (Lipinski definition) is 0. The molecule has 0 atom stereocenters. The Morgan fingerprint density at radius 3 is 2.64 bits per heavy atom. The number of nitriles is 1. The van der Waals surface area contributed by atoms with Crippen LogP contribution in [0.15, 0.2) is 23.8 Å². The van der Waals surface area contributed by atoms with Gasteiger partial charge in [-0.15, -0.1) is 0 Å². The fraction of sp³-hybridized carbons (Fsp3) is 0.182. The Hall–Kier alpha value is -0.970. The lowest BCUT2D eigenvalue weighted by Gasteiger charge is -2.05. The maximum absolute atomic E-state index is 8.70. The van der Waals surface area contributed by atoms with Crippen molar-refractivity contribution in [3.63, 3.8) is 0 Å². The van der Waals surface area contributed by atoms with E-state index in [1.807, 2.05) is 19.1 Å². The van der Waals surface area contributed by atoms with Gasteiger partial charge < -0.3 is 0 Å². The first-order valence-corrected chi connectivity index (χ1v) is 4.85. The molecule has 0 heterocycles. The standard InChI is InChI=1S/C11H9Cl2N/c1-7-3-4-9(12)5-10(7)11(13)8(2)6-14/h3-5H,1-2H3/b11-8-. The highest BCUT2D eigenvalue weighted by Gasteiger charge is 2.06. The summed E-state index contributed by atoms with van der Waals surface area (Å²) in [4.78, 5) is 0. The molecule has 0 aliphatic heterocycles. The van der Waals surface area contributed by atoms with Crippen molar-refractivity contribution in [1.82, 2.24) is 0 Å². The van der Waals surface area contributed by atoms with Crippen molar-refractivity contribution in [3.8, 4) is 6.07 Å². The highest BCUT2D eigenvalue weighted by molar-refractivity contribution is 6.49. The van der Waals surface area contributed by atoms with E-state index in [1.165, 1.54) is 0 Å². The van der Waals surface area contributed by atoms with Gasteiger partial charge in [0.05, 0.1) is 11.1 Å². The zero-order valence-electron chi connectivity index (χ0n) is 7.94. The third kappa shape index (κ3) is 2.29. The van der Waals surface area contributed by atoms with Crippen LogP contribution in [-0.2, 0) is 0 Å². The van der Waals surface area contributed by atoms with Gasteiger partial charge in [-0.25, -0.2) is 0 Å². The van der Waals surface area contributed by atoms with Crippen molar-refractivity contribution >= 4 is 28.2 Å². The minimum atomic E-state index is 0.465. The molecule has 0 fully saturated rings. The third-order valence-electron chi connectivity index (χ3n) is 1.93. The van der Waals surface area contributed by atoms with Crippen LogP contribution in [0.25, 0.3) is 5.03 Å². The Bertz CT molecular complexity index is 427. The van der Waals surface area contributed by atoms with Crippen molar-refractivity contribution in [1.29, 1.82) is 5.26 Å². The molecule has 0 unspecified atom stereocenters. The van der Waals surface area contributed by atoms with E-state index in [4.69, 9.17) is 28.5 Å². The molecule has 0 N–H and O–H groups in total. The SMILES string of the molecule is C/C(C#N)=C(/Cl)c1cc(Cl)ccc1C. The molecule has 0 saturated heterocycles. The molecule has 0 aliphatic rings. The summed E-state index contributed by atoms with van der Waals surface area (Å²) < 4.78 is 0. The lowest BCUT2D eigenvalue weighted by molar-refractivity contribution is 1.41. The molecule has 1 rings (SSSR count). The molecule has 0 spiro atoms. The van der Waals surface area contributed by atoms with Crippen LogP contribution in [0.5, 0.6) is 0 Å². The number of hydrogen-bond acceptors (Lipinski definition) is 1. The molecule has 0 radical (unpaired) electrons. The second kappa shape index (κ2) is 4.50. The number of aryl methyl sites for hydroxylation is 1. The van der Waals surface area contributed by atoms with E-state index in [1.54, 1.807) is 19.1 Å². The monoisotopic (exact) mass is 225 g/mol. The molecule has 0 bridgehead atoms. The molecule has 1 nitrogen and oxygen atoms in total. The molecule has 1 aromatic rings. The van der Waals surface area contributed by atoms with Crippen LogP contribution in [0.2, 0.25) is 5.02 Å². The van der Waals surface area contributed by atoms with E-state index >= 15 is 0 Å². The summed E-state index contributed by atoms with van der Waals surface area (Å²) in [5.41, 5.74) is 2.32. The summed E-state index contributed by atoms with van der Waals surface area (Å²) in [5, 5.41) is 9.79. The van der Waals surface area contributed by atoms with E-state index in [0.717, 1.165) is 11.1 Å². The molecular formula is C11H9Cl2N. The van der Waals surface area contributed by atoms with E-state index in [9.17, 15) is 0 Å². The highest BCUT2D eigenvalue weighted by Crippen LogP contribution is 2.28. The maximum atomic E-state index is 8.70. The molecule has 1 aromatic carbocycles. The van der Waals surface area contributed by atoms with Gasteiger partial charge in [-0.3, -0.25) is 0 Å². The zero-order chi connectivity index (χ0) is 10.7. The number of nitrogens with zero attached hydrogens (tertiary/aromatic N) is 1. The van der Waals surface area contributed by atoms with Crippen LogP contribution in [0.3, 0.4) is 0 Å². The number of halogens is 2. The van der Waals surface area contributed by atoms with Gasteiger partial charge in [-0.1, -0.05) is 29.3 Å². The quantitative estimate of drug-likeness (QED) is 0.660. The van der Waals surface area contributed by atoms with Gasteiger partial charge in [-0.2, -0.15) is 5.26 Å². The highest BCUT2D eigenvalue weighted by atomic mass is 35.5. The Kier molecular flexibility index (Phi) is 3.57. The van der Waals surface area contributed by atoms with Crippen molar-refractivity contribution < 1.29 is 0 Å². The lowest BCUT2D eigenvalue weighted by atomic mass is 10.1. The molecule has 0 aromatic heterocycles. The summed E-state index contributed by atoms with van der Waals surface area (Å²) in [6.07, 6.45) is 0. The van der Waals surface area contributed by atoms with Crippen LogP contribution < -0.4 is 0 Å². The van der Waals surface area contributed by atoms with Crippen LogP contribution in [0.4, 0.5) is 0 Å². The fourth-order valence-corrected chi connectivity index (χ4v) is 1.50. The topological polar surface area (TPSA) is 23.8 Å². The van der Waals surface area contributed by atoms with Gasteiger partial charge >= 0.3 is 0 Å². The predicted octanol–water partition coefficient (Wildman–Crippen LogP) is 4.14. The van der Waals surface area contributed by atoms with E-state index < -0.39 is 0 Å². The summed E-state index contributed by atoms with van der Waals surface area (Å²) in [7, 11) is 0. The van der Waals surface area contributed by atoms with Crippen molar-refractivity contribution in [2.75, 3.05) is 0 Å². The second-order valence-electron chi connectivity index (χ2n) is 3.01. The lowest BCUT2D eigenvalue weighted by Crippen LogP contribution is -1.86. The van der Waals surface area contributed by atoms with Crippen LogP contribution in [0, 0.1) is 18.3 Å². The first kappa shape index (κ1) is 11.1. The molecular weight excluding hydrogens is 217 g/mol. The summed E-state index contributed by atoms with van der Waals surface area (Å²) in [6, 6.07) is 7.46. The van der Waals surface area contributed by atoms with E-state index in [-0.39, 0.29) is 0 Å². The van der Waals surface area contributed by atoms with Gasteiger partial charge in [0.15, 0.2) is 0 Å². The Labute approximate surface area is 93.6 Å². The minimum Gasteiger partial charge on any atom is -0.193 e. The third-order valence-corrected chi connectivity index (χ3v) is 2.66. The molecule has 0 aliphatic carbocycles. The molecule has 0 saturated carbocycles. The molecule has 14 heavy (non-hydrogen) atoms. The maximum Gasteiger partial charge on any atom is 0.0959 e. The molecule has 72 valence electrons. The predicted molar refractivity (Wildman–Crippen MR) is 60.2 cm³/mol. The van der Waals surface area contributed by atoms with Crippen molar-refractivity contribution in [3.05, 3.63) is 39.9 Å². The van der Waals surface area contributed by atoms with Gasteiger partial charge in [0.1, 0.15) is 0 Å². The number of benzene rings is 1. The Morgan fingerprint density at radius 2 is 2.07 bits per heavy atom. The molecule has 0 amide bonds. The Morgan fingerprint density at radius 1 is 1.43 bits per heavy atom. The van der Waals surface area contributed by atoms with Crippen molar-refractivity contribution in [2.45, 2.75) is 13.8 Å². The first-order chi connectivity index (χ1) is 6.56. The van der Waals surface area contributed by atoms with E-state index in [0.29, 0.717) is 15.6 Å². The van der Waals surface area contributed by atoms with Gasteiger partial charge in [-0.05, 0) is 37.1 Å². The van der Waals surface area contributed by atoms with Crippen molar-refractivity contribution in [2.24, 2.45) is 0 Å². The smallest absolute Gasteiger partial charge is 0.0959 e. The largest absolute Gasteiger partial charge is 0.193 e. The summed E-state index contributed by atoms with van der Waals surface area (Å²) in [6.45, 7) is 3.61. The minimum absolute atomic E-state index is 0.465. The average Bonchev–Trinajstić information content (AvgIpc) is 2.19. The number of rotatable bonds is 1. The summed E-state index contributed by atoms with van der Waals surface area (Å²) in [5.74, 6) is 0. The first-order valence-electron chi connectivity index (χ1n) is 4.09. The van der Waals surface area contributed by atoms with Gasteiger partial charge in [0.2, 0.25) is 0 Å². The van der Waals surface area contributed by atoms with Gasteiger partial charge in [0.25, 0.3) is 0 Å². The average molecular weight is 226 g/mol. The molecule has 3 heteroatoms. The van der Waals surface area contributed by atoms with Gasteiger partial charge in [0, 0.05) is 10.6 Å². The van der Waals surface area contributed by atoms with Crippen LogP contribution >= 0.6 is 23.2 Å². The Balaban J connectivity index is 3.34. The second-order valence-corrected chi connectivity index (χ2v) is 3.82. The normalized spacial score (nSPS) is 11.9. The number of allylic oxidation sites excluding steroid dienone is 1. The van der Waals surface area contributed by atoms with Crippen LogP contribution in [0.1, 0.15) is 18.1 Å². The van der Waals surface area contributed by atoms with E-state index in [2.05, 4.69) is 0 Å². The van der Waals surface area contributed by atoms with Crippen LogP contribution in [-0.4, -0.2) is 0 Å².